The maximum atomic E-state index is 13.0. The molecule has 2 rings (SSSR count). The Balaban J connectivity index is 2.11. The van der Waals surface area contributed by atoms with Gasteiger partial charge in [0, 0.05) is 6.07 Å². The van der Waals surface area contributed by atoms with Crippen LogP contribution in [0.25, 0.3) is 0 Å². The molecule has 0 radical (unpaired) electrons. The number of ether oxygens (including phenoxy) is 1. The lowest BCUT2D eigenvalue weighted by Gasteiger charge is -2.09. The number of rotatable bonds is 3. The molecule has 0 saturated heterocycles. The van der Waals surface area contributed by atoms with Crippen LogP contribution in [0.1, 0.15) is 5.56 Å². The summed E-state index contributed by atoms with van der Waals surface area (Å²) in [6, 6.07) is 8.10. The zero-order chi connectivity index (χ0) is 13.1. The van der Waals surface area contributed by atoms with Crippen molar-refractivity contribution in [2.75, 3.05) is 5.73 Å². The van der Waals surface area contributed by atoms with Gasteiger partial charge in [0.1, 0.15) is 24.0 Å². The summed E-state index contributed by atoms with van der Waals surface area (Å²) in [4.78, 5) is 0. The average molecular weight is 270 g/mol. The number of benzene rings is 2. The summed E-state index contributed by atoms with van der Waals surface area (Å²) in [7, 11) is 0. The zero-order valence-corrected chi connectivity index (χ0v) is 10.0. The Labute approximate surface area is 108 Å². The minimum absolute atomic E-state index is 0.0170. The Bertz CT molecular complexity index is 575. The molecule has 0 heterocycles. The third-order valence-corrected chi connectivity index (χ3v) is 2.64. The summed E-state index contributed by atoms with van der Waals surface area (Å²) in [5, 5.41) is 0.0170. The van der Waals surface area contributed by atoms with E-state index in [1.54, 1.807) is 0 Å². The molecule has 2 aromatic rings. The van der Waals surface area contributed by atoms with Gasteiger partial charge in [-0.05, 0) is 29.8 Å². The van der Waals surface area contributed by atoms with Crippen molar-refractivity contribution in [3.8, 4) is 5.75 Å². The molecule has 2 aromatic carbocycles. The number of nitrogen functional groups attached to an aromatic ring is 1. The van der Waals surface area contributed by atoms with Gasteiger partial charge in [-0.15, -0.1) is 0 Å². The Morgan fingerprint density at radius 3 is 2.61 bits per heavy atom. The first-order valence-electron chi connectivity index (χ1n) is 5.18. The Hall–Kier alpha value is -1.81. The van der Waals surface area contributed by atoms with E-state index in [9.17, 15) is 8.78 Å². The summed E-state index contributed by atoms with van der Waals surface area (Å²) in [5.41, 5.74) is 6.64. The van der Waals surface area contributed by atoms with Gasteiger partial charge < -0.3 is 10.5 Å². The SMILES string of the molecule is Nc1ccc(F)cc1OCc1ccc(F)c(Cl)c1. The van der Waals surface area contributed by atoms with Gasteiger partial charge in [0.15, 0.2) is 0 Å². The lowest BCUT2D eigenvalue weighted by atomic mass is 10.2. The smallest absolute Gasteiger partial charge is 0.145 e. The largest absolute Gasteiger partial charge is 0.487 e. The molecular formula is C13H10ClF2NO. The molecular weight excluding hydrogens is 260 g/mol. The molecule has 2 nitrogen and oxygen atoms in total. The van der Waals surface area contributed by atoms with Crippen LogP contribution in [0.3, 0.4) is 0 Å². The van der Waals surface area contributed by atoms with Crippen LogP contribution >= 0.6 is 11.6 Å². The normalized spacial score (nSPS) is 10.4. The number of halogens is 3. The van der Waals surface area contributed by atoms with E-state index in [1.165, 1.54) is 36.4 Å². The molecule has 0 bridgehead atoms. The fourth-order valence-corrected chi connectivity index (χ4v) is 1.63. The van der Waals surface area contributed by atoms with Crippen LogP contribution in [-0.4, -0.2) is 0 Å². The molecule has 0 atom stereocenters. The molecule has 5 heteroatoms. The first kappa shape index (κ1) is 12.6. The number of anilines is 1. The van der Waals surface area contributed by atoms with Gasteiger partial charge in [-0.3, -0.25) is 0 Å². The van der Waals surface area contributed by atoms with Gasteiger partial charge in [0.25, 0.3) is 0 Å². The standard InChI is InChI=1S/C13H10ClF2NO/c14-10-5-8(1-3-11(10)16)7-18-13-6-9(15)2-4-12(13)17/h1-6H,7,17H2. The molecule has 2 N–H and O–H groups in total. The molecule has 0 fully saturated rings. The van der Waals surface area contributed by atoms with Gasteiger partial charge in [0.05, 0.1) is 10.7 Å². The Kier molecular flexibility index (Phi) is 3.67. The van der Waals surface area contributed by atoms with Crippen LogP contribution in [0.2, 0.25) is 5.02 Å². The third-order valence-electron chi connectivity index (χ3n) is 2.35. The summed E-state index contributed by atoms with van der Waals surface area (Å²) in [5.74, 6) is -0.683. The number of hydrogen-bond donors (Lipinski definition) is 1. The highest BCUT2D eigenvalue weighted by Crippen LogP contribution is 2.24. The molecule has 0 amide bonds. The molecule has 0 unspecified atom stereocenters. The topological polar surface area (TPSA) is 35.2 Å². The first-order chi connectivity index (χ1) is 8.56. The van der Waals surface area contributed by atoms with Crippen molar-refractivity contribution < 1.29 is 13.5 Å². The fourth-order valence-electron chi connectivity index (χ4n) is 1.42. The molecule has 0 aliphatic carbocycles. The fraction of sp³-hybridized carbons (Fsp3) is 0.0769. The van der Waals surface area contributed by atoms with Crippen molar-refractivity contribution in [2.45, 2.75) is 6.61 Å². The molecule has 0 saturated carbocycles. The van der Waals surface area contributed by atoms with E-state index in [2.05, 4.69) is 0 Å². The highest BCUT2D eigenvalue weighted by Gasteiger charge is 2.05. The highest BCUT2D eigenvalue weighted by molar-refractivity contribution is 6.30. The van der Waals surface area contributed by atoms with E-state index >= 15 is 0 Å². The van der Waals surface area contributed by atoms with Crippen LogP contribution in [0.5, 0.6) is 5.75 Å². The predicted octanol–water partition coefficient (Wildman–Crippen LogP) is 3.78. The Morgan fingerprint density at radius 2 is 1.89 bits per heavy atom. The minimum atomic E-state index is -0.495. The van der Waals surface area contributed by atoms with Gasteiger partial charge in [-0.25, -0.2) is 8.78 Å². The zero-order valence-electron chi connectivity index (χ0n) is 9.29. The second kappa shape index (κ2) is 5.23. The van der Waals surface area contributed by atoms with Crippen molar-refractivity contribution in [2.24, 2.45) is 0 Å². The van der Waals surface area contributed by atoms with Crippen molar-refractivity contribution in [1.82, 2.24) is 0 Å². The van der Waals surface area contributed by atoms with Crippen molar-refractivity contribution in [3.63, 3.8) is 0 Å². The van der Waals surface area contributed by atoms with E-state index < -0.39 is 11.6 Å². The summed E-state index contributed by atoms with van der Waals surface area (Å²) in [6.07, 6.45) is 0. The van der Waals surface area contributed by atoms with Crippen molar-refractivity contribution in [1.29, 1.82) is 0 Å². The Morgan fingerprint density at radius 1 is 1.11 bits per heavy atom. The van der Waals surface area contributed by atoms with Crippen molar-refractivity contribution >= 4 is 17.3 Å². The average Bonchev–Trinajstić information content (AvgIpc) is 2.34. The minimum Gasteiger partial charge on any atom is -0.487 e. The van der Waals surface area contributed by atoms with E-state index in [-0.39, 0.29) is 17.4 Å². The molecule has 0 aliphatic heterocycles. The van der Waals surface area contributed by atoms with Crippen LogP contribution in [0.4, 0.5) is 14.5 Å². The monoisotopic (exact) mass is 269 g/mol. The molecule has 94 valence electrons. The first-order valence-corrected chi connectivity index (χ1v) is 5.56. The second-order valence-electron chi connectivity index (χ2n) is 3.72. The van der Waals surface area contributed by atoms with Gasteiger partial charge in [-0.1, -0.05) is 17.7 Å². The maximum Gasteiger partial charge on any atom is 0.145 e. The molecule has 0 aliphatic rings. The molecule has 0 aromatic heterocycles. The summed E-state index contributed by atoms with van der Waals surface area (Å²) in [6.45, 7) is 0.133. The quantitative estimate of drug-likeness (QED) is 0.861. The number of nitrogens with two attached hydrogens (primary N) is 1. The van der Waals surface area contributed by atoms with Crippen LogP contribution in [0.15, 0.2) is 36.4 Å². The maximum absolute atomic E-state index is 13.0. The third kappa shape index (κ3) is 2.90. The van der Waals surface area contributed by atoms with E-state index in [0.717, 1.165) is 0 Å². The van der Waals surface area contributed by atoms with E-state index in [0.29, 0.717) is 11.3 Å². The lowest BCUT2D eigenvalue weighted by Crippen LogP contribution is -1.99. The van der Waals surface area contributed by atoms with Crippen molar-refractivity contribution in [3.05, 3.63) is 58.6 Å². The molecule has 0 spiro atoms. The van der Waals surface area contributed by atoms with E-state index in [1.807, 2.05) is 0 Å². The predicted molar refractivity (Wildman–Crippen MR) is 66.6 cm³/mol. The number of hydrogen-bond acceptors (Lipinski definition) is 2. The molecule has 18 heavy (non-hydrogen) atoms. The van der Waals surface area contributed by atoms with Crippen LogP contribution < -0.4 is 10.5 Å². The van der Waals surface area contributed by atoms with Crippen LogP contribution in [-0.2, 0) is 6.61 Å². The summed E-state index contributed by atoms with van der Waals surface area (Å²) < 4.78 is 31.3. The second-order valence-corrected chi connectivity index (χ2v) is 4.13. The van der Waals surface area contributed by atoms with Gasteiger partial charge in [0.2, 0.25) is 0 Å². The highest BCUT2D eigenvalue weighted by atomic mass is 35.5. The summed E-state index contributed by atoms with van der Waals surface area (Å²) >= 11 is 5.64. The van der Waals surface area contributed by atoms with Gasteiger partial charge >= 0.3 is 0 Å². The van der Waals surface area contributed by atoms with Crippen LogP contribution in [0, 0.1) is 11.6 Å². The van der Waals surface area contributed by atoms with Gasteiger partial charge in [-0.2, -0.15) is 0 Å². The lowest BCUT2D eigenvalue weighted by molar-refractivity contribution is 0.306. The van der Waals surface area contributed by atoms with E-state index in [4.69, 9.17) is 22.1 Å².